The van der Waals surface area contributed by atoms with Crippen molar-refractivity contribution in [1.29, 1.82) is 5.26 Å². The van der Waals surface area contributed by atoms with Crippen molar-refractivity contribution in [2.75, 3.05) is 6.54 Å². The monoisotopic (exact) mass is 266 g/mol. The highest BCUT2D eigenvalue weighted by Gasteiger charge is 2.11. The number of rotatable bonds is 5. The lowest BCUT2D eigenvalue weighted by Gasteiger charge is -2.12. The van der Waals surface area contributed by atoms with Crippen LogP contribution in [0.4, 0.5) is 0 Å². The van der Waals surface area contributed by atoms with Crippen LogP contribution in [0.2, 0.25) is 0 Å². The summed E-state index contributed by atoms with van der Waals surface area (Å²) < 4.78 is 0.987. The summed E-state index contributed by atoms with van der Waals surface area (Å²) in [5, 5.41) is 12.3. The predicted molar refractivity (Wildman–Crippen MR) is 65.4 cm³/mol. The van der Waals surface area contributed by atoms with Crippen molar-refractivity contribution in [2.24, 2.45) is 0 Å². The summed E-state index contributed by atoms with van der Waals surface area (Å²) >= 11 is 3.46. The lowest BCUT2D eigenvalue weighted by Crippen LogP contribution is -2.21. The first kappa shape index (κ1) is 12.2. The molecule has 0 bridgehead atoms. The summed E-state index contributed by atoms with van der Waals surface area (Å²) in [5.41, 5.74) is 1.01. The number of nitrogens with zero attached hydrogens (tertiary/aromatic N) is 1. The van der Waals surface area contributed by atoms with E-state index in [1.54, 1.807) is 0 Å². The minimum Gasteiger partial charge on any atom is -0.298 e. The van der Waals surface area contributed by atoms with Crippen LogP contribution in [0.1, 0.15) is 31.4 Å². The molecule has 0 radical (unpaired) electrons. The Balaban J connectivity index is 2.67. The number of hydrogen-bond acceptors (Lipinski definition) is 2. The molecule has 1 unspecified atom stereocenters. The van der Waals surface area contributed by atoms with Gasteiger partial charge >= 0.3 is 0 Å². The molecule has 0 saturated carbocycles. The molecule has 1 aromatic carbocycles. The van der Waals surface area contributed by atoms with E-state index in [1.165, 1.54) is 0 Å². The fraction of sp³-hybridized carbons (Fsp3) is 0.417. The number of nitriles is 1. The normalized spacial score (nSPS) is 12.1. The number of unbranched alkanes of at least 4 members (excludes halogenated alkanes) is 1. The molecule has 1 N–H and O–H groups in total. The number of benzene rings is 1. The van der Waals surface area contributed by atoms with Gasteiger partial charge < -0.3 is 0 Å². The third-order valence-corrected chi connectivity index (χ3v) is 2.95. The molecule has 0 aromatic heterocycles. The second kappa shape index (κ2) is 6.60. The smallest absolute Gasteiger partial charge is 0.122 e. The largest absolute Gasteiger partial charge is 0.298 e. The van der Waals surface area contributed by atoms with Gasteiger partial charge in [0.25, 0.3) is 0 Å². The van der Waals surface area contributed by atoms with Crippen molar-refractivity contribution in [3.8, 4) is 6.07 Å². The summed E-state index contributed by atoms with van der Waals surface area (Å²) in [7, 11) is 0. The van der Waals surface area contributed by atoms with Gasteiger partial charge in [-0.05, 0) is 24.6 Å². The lowest BCUT2D eigenvalue weighted by atomic mass is 10.1. The van der Waals surface area contributed by atoms with Gasteiger partial charge in [-0.2, -0.15) is 5.26 Å². The average molecular weight is 267 g/mol. The molecule has 0 heterocycles. The van der Waals surface area contributed by atoms with Crippen LogP contribution < -0.4 is 5.32 Å². The highest BCUT2D eigenvalue weighted by Crippen LogP contribution is 2.22. The molecule has 0 saturated heterocycles. The fourth-order valence-corrected chi connectivity index (χ4v) is 1.87. The average Bonchev–Trinajstić information content (AvgIpc) is 2.26. The van der Waals surface area contributed by atoms with Gasteiger partial charge in [-0.15, -0.1) is 0 Å². The van der Waals surface area contributed by atoms with Crippen molar-refractivity contribution in [3.05, 3.63) is 34.3 Å². The zero-order chi connectivity index (χ0) is 11.1. The van der Waals surface area contributed by atoms with E-state index in [0.717, 1.165) is 29.4 Å². The Morgan fingerprint density at radius 1 is 1.47 bits per heavy atom. The molecule has 0 aliphatic rings. The van der Waals surface area contributed by atoms with Gasteiger partial charge in [0.1, 0.15) is 6.04 Å². The van der Waals surface area contributed by atoms with E-state index in [4.69, 9.17) is 5.26 Å². The van der Waals surface area contributed by atoms with Crippen LogP contribution in [0.5, 0.6) is 0 Å². The Bertz CT molecular complexity index is 344. The molecule has 3 heteroatoms. The Kier molecular flexibility index (Phi) is 5.38. The first-order valence-corrected chi connectivity index (χ1v) is 5.96. The topological polar surface area (TPSA) is 35.8 Å². The summed E-state index contributed by atoms with van der Waals surface area (Å²) in [6, 6.07) is 9.89. The van der Waals surface area contributed by atoms with Crippen molar-refractivity contribution >= 4 is 15.9 Å². The van der Waals surface area contributed by atoms with E-state index >= 15 is 0 Å². The standard InChI is InChI=1S/C12H15BrN2/c1-2-3-8-15-12(9-14)10-6-4-5-7-11(10)13/h4-7,12,15H,2-3,8H2,1H3. The van der Waals surface area contributed by atoms with Gasteiger partial charge in [0.05, 0.1) is 6.07 Å². The van der Waals surface area contributed by atoms with E-state index in [2.05, 4.69) is 34.2 Å². The van der Waals surface area contributed by atoms with Gasteiger partial charge in [0.15, 0.2) is 0 Å². The van der Waals surface area contributed by atoms with Gasteiger partial charge in [-0.1, -0.05) is 47.5 Å². The van der Waals surface area contributed by atoms with Crippen molar-refractivity contribution in [1.82, 2.24) is 5.32 Å². The Morgan fingerprint density at radius 3 is 2.80 bits per heavy atom. The van der Waals surface area contributed by atoms with E-state index in [9.17, 15) is 0 Å². The van der Waals surface area contributed by atoms with Crippen LogP contribution in [0.15, 0.2) is 28.7 Å². The number of nitrogens with one attached hydrogen (secondary N) is 1. The molecule has 2 nitrogen and oxygen atoms in total. The van der Waals surface area contributed by atoms with Gasteiger partial charge in [-0.25, -0.2) is 0 Å². The highest BCUT2D eigenvalue weighted by molar-refractivity contribution is 9.10. The number of halogens is 1. The molecule has 80 valence electrons. The predicted octanol–water partition coefficient (Wildman–Crippen LogP) is 3.40. The SMILES string of the molecule is CCCCNC(C#N)c1ccccc1Br. The first-order valence-electron chi connectivity index (χ1n) is 5.17. The van der Waals surface area contributed by atoms with Crippen LogP contribution in [-0.4, -0.2) is 6.54 Å². The summed E-state index contributed by atoms with van der Waals surface area (Å²) in [5.74, 6) is 0. The van der Waals surface area contributed by atoms with Crippen LogP contribution >= 0.6 is 15.9 Å². The molecule has 0 amide bonds. The first-order chi connectivity index (χ1) is 7.29. The summed E-state index contributed by atoms with van der Waals surface area (Å²) in [6.45, 7) is 3.03. The van der Waals surface area contributed by atoms with Crippen LogP contribution in [0.25, 0.3) is 0 Å². The molecule has 15 heavy (non-hydrogen) atoms. The lowest BCUT2D eigenvalue weighted by molar-refractivity contribution is 0.596. The van der Waals surface area contributed by atoms with Crippen LogP contribution in [0.3, 0.4) is 0 Å². The second-order valence-electron chi connectivity index (χ2n) is 3.39. The Morgan fingerprint density at radius 2 is 2.20 bits per heavy atom. The minimum atomic E-state index is -0.216. The van der Waals surface area contributed by atoms with Crippen molar-refractivity contribution in [2.45, 2.75) is 25.8 Å². The van der Waals surface area contributed by atoms with Gasteiger partial charge in [0, 0.05) is 4.47 Å². The molecular weight excluding hydrogens is 252 g/mol. The molecular formula is C12H15BrN2. The maximum atomic E-state index is 9.07. The summed E-state index contributed by atoms with van der Waals surface area (Å²) in [6.07, 6.45) is 2.24. The van der Waals surface area contributed by atoms with E-state index in [0.29, 0.717) is 0 Å². The fourth-order valence-electron chi connectivity index (χ4n) is 1.36. The molecule has 0 spiro atoms. The van der Waals surface area contributed by atoms with Gasteiger partial charge in [0.2, 0.25) is 0 Å². The molecule has 0 aliphatic heterocycles. The Hall–Kier alpha value is -0.850. The van der Waals surface area contributed by atoms with Crippen molar-refractivity contribution < 1.29 is 0 Å². The number of hydrogen-bond donors (Lipinski definition) is 1. The zero-order valence-electron chi connectivity index (χ0n) is 8.83. The van der Waals surface area contributed by atoms with E-state index in [-0.39, 0.29) is 6.04 Å². The quantitative estimate of drug-likeness (QED) is 0.830. The maximum Gasteiger partial charge on any atom is 0.122 e. The third-order valence-electron chi connectivity index (χ3n) is 2.22. The molecule has 0 aliphatic carbocycles. The molecule has 1 rings (SSSR count). The van der Waals surface area contributed by atoms with Crippen molar-refractivity contribution in [3.63, 3.8) is 0 Å². The summed E-state index contributed by atoms with van der Waals surface area (Å²) in [4.78, 5) is 0. The molecule has 1 aromatic rings. The minimum absolute atomic E-state index is 0.216. The van der Waals surface area contributed by atoms with E-state index < -0.39 is 0 Å². The highest BCUT2D eigenvalue weighted by atomic mass is 79.9. The zero-order valence-corrected chi connectivity index (χ0v) is 10.4. The third kappa shape index (κ3) is 3.65. The van der Waals surface area contributed by atoms with E-state index in [1.807, 2.05) is 24.3 Å². The maximum absolute atomic E-state index is 9.07. The Labute approximate surface area is 99.4 Å². The van der Waals surface area contributed by atoms with Gasteiger partial charge in [-0.3, -0.25) is 5.32 Å². The second-order valence-corrected chi connectivity index (χ2v) is 4.25. The molecule has 1 atom stereocenters. The van der Waals surface area contributed by atoms with Crippen LogP contribution in [-0.2, 0) is 0 Å². The van der Waals surface area contributed by atoms with Crippen LogP contribution in [0, 0.1) is 11.3 Å². The molecule has 0 fully saturated rings.